The normalized spacial score (nSPS) is 15.4. The van der Waals surface area contributed by atoms with Crippen LogP contribution in [-0.4, -0.2) is 20.1 Å². The Labute approximate surface area is 85.7 Å². The molecule has 0 atom stereocenters. The monoisotopic (exact) mass is 190 g/mol. The molecule has 0 unspecified atom stereocenters. The summed E-state index contributed by atoms with van der Waals surface area (Å²) in [5.41, 5.74) is 9.95. The summed E-state index contributed by atoms with van der Waals surface area (Å²) in [6, 6.07) is 6.60. The molecule has 2 nitrogen and oxygen atoms in total. The fourth-order valence-electron chi connectivity index (χ4n) is 2.31. The molecule has 0 radical (unpaired) electrons. The first kappa shape index (κ1) is 9.53. The van der Waals surface area contributed by atoms with E-state index in [4.69, 9.17) is 5.73 Å². The number of benzene rings is 1. The Kier molecular flexibility index (Phi) is 2.73. The van der Waals surface area contributed by atoms with Gasteiger partial charge in [0.2, 0.25) is 0 Å². The molecular weight excluding hydrogens is 172 g/mol. The lowest BCUT2D eigenvalue weighted by Gasteiger charge is -2.29. The van der Waals surface area contributed by atoms with Crippen LogP contribution in [0.5, 0.6) is 0 Å². The van der Waals surface area contributed by atoms with Crippen molar-refractivity contribution >= 4 is 5.69 Å². The van der Waals surface area contributed by atoms with E-state index in [9.17, 15) is 0 Å². The van der Waals surface area contributed by atoms with E-state index in [0.29, 0.717) is 0 Å². The lowest BCUT2D eigenvalue weighted by molar-refractivity contribution is 0.737. The molecule has 2 heteroatoms. The average Bonchev–Trinajstić information content (AvgIpc) is 2.19. The van der Waals surface area contributed by atoms with Gasteiger partial charge < -0.3 is 10.6 Å². The largest absolute Gasteiger partial charge is 0.374 e. The molecule has 0 saturated carbocycles. The first-order chi connectivity index (χ1) is 6.83. The Morgan fingerprint density at radius 2 is 2.29 bits per heavy atom. The quantitative estimate of drug-likeness (QED) is 0.767. The number of anilines is 1. The summed E-state index contributed by atoms with van der Waals surface area (Å²) < 4.78 is 0. The predicted molar refractivity (Wildman–Crippen MR) is 60.8 cm³/mol. The molecule has 0 fully saturated rings. The fourth-order valence-corrected chi connectivity index (χ4v) is 2.31. The third kappa shape index (κ3) is 1.62. The second kappa shape index (κ2) is 4.01. The number of aryl methyl sites for hydroxylation is 1. The average molecular weight is 190 g/mol. The van der Waals surface area contributed by atoms with Gasteiger partial charge in [0.05, 0.1) is 0 Å². The third-order valence-corrected chi connectivity index (χ3v) is 2.94. The molecule has 1 aromatic rings. The highest BCUT2D eigenvalue weighted by Gasteiger charge is 2.16. The Hall–Kier alpha value is -1.02. The lowest BCUT2D eigenvalue weighted by atomic mass is 9.97. The number of para-hydroxylation sites is 1. The van der Waals surface area contributed by atoms with E-state index in [2.05, 4.69) is 30.1 Å². The lowest BCUT2D eigenvalue weighted by Crippen LogP contribution is -2.26. The van der Waals surface area contributed by atoms with Crippen LogP contribution in [0.15, 0.2) is 18.2 Å². The van der Waals surface area contributed by atoms with Crippen molar-refractivity contribution in [3.05, 3.63) is 29.3 Å². The minimum absolute atomic E-state index is 0.740. The van der Waals surface area contributed by atoms with E-state index in [1.807, 2.05) is 0 Å². The Morgan fingerprint density at radius 1 is 1.43 bits per heavy atom. The number of fused-ring (bicyclic) bond motifs is 1. The molecule has 2 N–H and O–H groups in total. The van der Waals surface area contributed by atoms with E-state index < -0.39 is 0 Å². The molecule has 0 aromatic heterocycles. The zero-order valence-corrected chi connectivity index (χ0v) is 8.79. The van der Waals surface area contributed by atoms with Crippen molar-refractivity contribution in [3.8, 4) is 0 Å². The van der Waals surface area contributed by atoms with Crippen molar-refractivity contribution in [1.29, 1.82) is 0 Å². The Bertz CT molecular complexity index is 320. The maximum Gasteiger partial charge on any atom is 0.0429 e. The van der Waals surface area contributed by atoms with Gasteiger partial charge in [0.15, 0.2) is 0 Å². The molecule has 2 rings (SSSR count). The summed E-state index contributed by atoms with van der Waals surface area (Å²) in [5, 5.41) is 0. The smallest absolute Gasteiger partial charge is 0.0429 e. The first-order valence-electron chi connectivity index (χ1n) is 5.35. The first-order valence-corrected chi connectivity index (χ1v) is 5.35. The molecule has 1 aromatic carbocycles. The van der Waals surface area contributed by atoms with Gasteiger partial charge in [-0.05, 0) is 36.9 Å². The topological polar surface area (TPSA) is 29.3 Å². The highest BCUT2D eigenvalue weighted by atomic mass is 15.1. The van der Waals surface area contributed by atoms with Crippen LogP contribution in [0.25, 0.3) is 0 Å². The highest BCUT2D eigenvalue weighted by molar-refractivity contribution is 5.60. The Morgan fingerprint density at radius 3 is 3.07 bits per heavy atom. The van der Waals surface area contributed by atoms with Gasteiger partial charge in [0.25, 0.3) is 0 Å². The minimum atomic E-state index is 0.740. The maximum atomic E-state index is 5.62. The van der Waals surface area contributed by atoms with Gasteiger partial charge in [0, 0.05) is 19.3 Å². The summed E-state index contributed by atoms with van der Waals surface area (Å²) in [6.07, 6.45) is 3.49. The second-order valence-corrected chi connectivity index (χ2v) is 3.99. The van der Waals surface area contributed by atoms with Crippen LogP contribution >= 0.6 is 0 Å². The number of hydrogen-bond acceptors (Lipinski definition) is 2. The molecule has 14 heavy (non-hydrogen) atoms. The summed E-state index contributed by atoms with van der Waals surface area (Å²) in [5.74, 6) is 0. The molecule has 0 aliphatic carbocycles. The molecule has 0 amide bonds. The SMILES string of the molecule is CN1CCCc2cccc(CCN)c21. The zero-order chi connectivity index (χ0) is 9.97. The molecule has 76 valence electrons. The zero-order valence-electron chi connectivity index (χ0n) is 8.79. The van der Waals surface area contributed by atoms with E-state index in [1.165, 1.54) is 36.2 Å². The van der Waals surface area contributed by atoms with Crippen molar-refractivity contribution in [2.45, 2.75) is 19.3 Å². The predicted octanol–water partition coefficient (Wildman–Crippen LogP) is 1.57. The summed E-state index contributed by atoms with van der Waals surface area (Å²) >= 11 is 0. The van der Waals surface area contributed by atoms with Crippen LogP contribution in [0.4, 0.5) is 5.69 Å². The minimum Gasteiger partial charge on any atom is -0.374 e. The van der Waals surface area contributed by atoms with E-state index >= 15 is 0 Å². The van der Waals surface area contributed by atoms with Crippen LogP contribution in [0.3, 0.4) is 0 Å². The molecule has 0 saturated heterocycles. The van der Waals surface area contributed by atoms with Gasteiger partial charge in [0.1, 0.15) is 0 Å². The van der Waals surface area contributed by atoms with E-state index in [-0.39, 0.29) is 0 Å². The molecule has 0 bridgehead atoms. The molecule has 1 heterocycles. The summed E-state index contributed by atoms with van der Waals surface area (Å²) in [4.78, 5) is 2.36. The van der Waals surface area contributed by atoms with Crippen molar-refractivity contribution < 1.29 is 0 Å². The van der Waals surface area contributed by atoms with Gasteiger partial charge in [-0.15, -0.1) is 0 Å². The number of hydrogen-bond donors (Lipinski definition) is 1. The van der Waals surface area contributed by atoms with Gasteiger partial charge in [-0.25, -0.2) is 0 Å². The highest BCUT2D eigenvalue weighted by Crippen LogP contribution is 2.29. The van der Waals surface area contributed by atoms with Gasteiger partial charge in [-0.3, -0.25) is 0 Å². The maximum absolute atomic E-state index is 5.62. The molecule has 1 aliphatic heterocycles. The van der Waals surface area contributed by atoms with Crippen molar-refractivity contribution in [3.63, 3.8) is 0 Å². The molecule has 0 spiro atoms. The number of nitrogens with zero attached hydrogens (tertiary/aromatic N) is 1. The standard InChI is InChI=1S/C12H18N2/c1-14-9-3-6-10-4-2-5-11(7-8-13)12(10)14/h2,4-5H,3,6-9,13H2,1H3. The Balaban J connectivity index is 2.41. The van der Waals surface area contributed by atoms with Crippen LogP contribution in [0, 0.1) is 0 Å². The van der Waals surface area contributed by atoms with E-state index in [0.717, 1.165) is 13.0 Å². The van der Waals surface area contributed by atoms with Gasteiger partial charge in [-0.1, -0.05) is 18.2 Å². The molecular formula is C12H18N2. The summed E-state index contributed by atoms with van der Waals surface area (Å²) in [7, 11) is 2.18. The fraction of sp³-hybridized carbons (Fsp3) is 0.500. The van der Waals surface area contributed by atoms with Crippen molar-refractivity contribution in [2.75, 3.05) is 25.0 Å². The van der Waals surface area contributed by atoms with Gasteiger partial charge in [-0.2, -0.15) is 0 Å². The van der Waals surface area contributed by atoms with Crippen LogP contribution in [0.2, 0.25) is 0 Å². The third-order valence-electron chi connectivity index (χ3n) is 2.94. The van der Waals surface area contributed by atoms with Crippen molar-refractivity contribution in [2.24, 2.45) is 5.73 Å². The number of rotatable bonds is 2. The summed E-state index contributed by atoms with van der Waals surface area (Å²) in [6.45, 7) is 1.92. The van der Waals surface area contributed by atoms with Crippen LogP contribution < -0.4 is 10.6 Å². The van der Waals surface area contributed by atoms with Crippen LogP contribution in [-0.2, 0) is 12.8 Å². The molecule has 1 aliphatic rings. The van der Waals surface area contributed by atoms with Crippen LogP contribution in [0.1, 0.15) is 17.5 Å². The van der Waals surface area contributed by atoms with Gasteiger partial charge >= 0.3 is 0 Å². The van der Waals surface area contributed by atoms with Crippen molar-refractivity contribution in [1.82, 2.24) is 0 Å². The number of nitrogens with two attached hydrogens (primary N) is 1. The van der Waals surface area contributed by atoms with E-state index in [1.54, 1.807) is 0 Å². The second-order valence-electron chi connectivity index (χ2n) is 3.99.